The Morgan fingerprint density at radius 1 is 1.39 bits per heavy atom. The molecule has 0 heterocycles. The van der Waals surface area contributed by atoms with Crippen molar-refractivity contribution in [1.82, 2.24) is 0 Å². The number of ketones is 2. The number of halogens is 1. The van der Waals surface area contributed by atoms with E-state index in [1.165, 1.54) is 19.2 Å². The Morgan fingerprint density at radius 3 is 2.43 bits per heavy atom. The monoisotopic (exact) mass is 355 g/mol. The number of Topliss-reactive ketones (excluding diaryl/α,β-unsaturated/α-hetero) is 2. The van der Waals surface area contributed by atoms with Gasteiger partial charge in [-0.05, 0) is 25.0 Å². The van der Waals surface area contributed by atoms with Gasteiger partial charge in [0.15, 0.2) is 27.3 Å². The highest BCUT2D eigenvalue weighted by Crippen LogP contribution is 2.37. The number of nitrogens with zero attached hydrogens (tertiary/aromatic N) is 1. The molecule has 23 heavy (non-hydrogen) atoms. The highest BCUT2D eigenvalue weighted by atomic mass is 35.5. The van der Waals surface area contributed by atoms with Crippen LogP contribution >= 0.6 is 11.6 Å². The van der Waals surface area contributed by atoms with Crippen molar-refractivity contribution in [3.05, 3.63) is 22.7 Å². The summed E-state index contributed by atoms with van der Waals surface area (Å²) in [5.74, 6) is -3.19. The fourth-order valence-electron chi connectivity index (χ4n) is 2.29. The zero-order valence-electron chi connectivity index (χ0n) is 12.5. The number of methoxy groups -OCH3 is 1. The fourth-order valence-corrected chi connectivity index (χ4v) is 3.81. The third-order valence-corrected chi connectivity index (χ3v) is 5.13. The predicted octanol–water partition coefficient (Wildman–Crippen LogP) is 2.05. The Hall–Kier alpha value is -1.91. The molecular weight excluding hydrogens is 342 g/mol. The molecule has 122 valence electrons. The Balaban J connectivity index is 2.57. The van der Waals surface area contributed by atoms with E-state index in [0.29, 0.717) is 12.8 Å². The standard InChI is InChI=1S/C15H14ClNO5S/c1-22-14-9(5-6-11(16)15(14)23(2,20)21)13(19)10(7-17)12(18)8-3-4-8/h5-6,8,10H,3-4H2,1-2H3. The number of sulfone groups is 1. The van der Waals surface area contributed by atoms with Gasteiger partial charge in [-0.2, -0.15) is 5.26 Å². The summed E-state index contributed by atoms with van der Waals surface area (Å²) < 4.78 is 28.8. The van der Waals surface area contributed by atoms with Crippen LogP contribution < -0.4 is 4.74 Å². The maximum absolute atomic E-state index is 12.6. The molecule has 1 aromatic rings. The van der Waals surface area contributed by atoms with Crippen molar-refractivity contribution in [2.45, 2.75) is 17.7 Å². The van der Waals surface area contributed by atoms with Crippen LogP contribution in [0.15, 0.2) is 17.0 Å². The van der Waals surface area contributed by atoms with E-state index in [1.54, 1.807) is 6.07 Å². The molecule has 8 heteroatoms. The van der Waals surface area contributed by atoms with Gasteiger partial charge < -0.3 is 4.74 Å². The Morgan fingerprint density at radius 2 is 2.00 bits per heavy atom. The van der Waals surface area contributed by atoms with Gasteiger partial charge >= 0.3 is 0 Å². The lowest BCUT2D eigenvalue weighted by atomic mass is 9.92. The number of ether oxygens (including phenoxy) is 1. The first-order valence-corrected chi connectivity index (χ1v) is 9.03. The third-order valence-electron chi connectivity index (χ3n) is 3.56. The van der Waals surface area contributed by atoms with E-state index < -0.39 is 27.3 Å². The average molecular weight is 356 g/mol. The van der Waals surface area contributed by atoms with Crippen molar-refractivity contribution >= 4 is 33.0 Å². The average Bonchev–Trinajstić information content (AvgIpc) is 3.30. The van der Waals surface area contributed by atoms with Gasteiger partial charge in [-0.25, -0.2) is 8.42 Å². The van der Waals surface area contributed by atoms with Gasteiger partial charge in [-0.15, -0.1) is 0 Å². The van der Waals surface area contributed by atoms with Crippen LogP contribution in [0.25, 0.3) is 0 Å². The molecule has 0 spiro atoms. The highest BCUT2D eigenvalue weighted by Gasteiger charge is 2.40. The SMILES string of the molecule is COc1c(C(=O)C(C#N)C(=O)C2CC2)ccc(Cl)c1S(C)(=O)=O. The van der Waals surface area contributed by atoms with E-state index in [4.69, 9.17) is 16.3 Å². The zero-order valence-corrected chi connectivity index (χ0v) is 14.1. The molecule has 1 unspecified atom stereocenters. The number of nitriles is 1. The summed E-state index contributed by atoms with van der Waals surface area (Å²) in [4.78, 5) is 24.3. The lowest BCUT2D eigenvalue weighted by molar-refractivity contribution is -0.121. The van der Waals surface area contributed by atoms with E-state index >= 15 is 0 Å². The fraction of sp³-hybridized carbons (Fsp3) is 0.400. The smallest absolute Gasteiger partial charge is 0.191 e. The quantitative estimate of drug-likeness (QED) is 0.571. The van der Waals surface area contributed by atoms with Crippen molar-refractivity contribution in [2.75, 3.05) is 13.4 Å². The van der Waals surface area contributed by atoms with E-state index in [0.717, 1.165) is 6.26 Å². The number of carbonyl (C=O) groups excluding carboxylic acids is 2. The van der Waals surface area contributed by atoms with Crippen LogP contribution in [0.3, 0.4) is 0 Å². The lowest BCUT2D eigenvalue weighted by Gasteiger charge is -2.14. The van der Waals surface area contributed by atoms with Crippen LogP contribution in [0.1, 0.15) is 23.2 Å². The van der Waals surface area contributed by atoms with Gasteiger partial charge in [0.05, 0.1) is 23.8 Å². The number of carbonyl (C=O) groups is 2. The molecule has 0 N–H and O–H groups in total. The third kappa shape index (κ3) is 3.38. The molecular formula is C15H14ClNO5S. The second kappa shape index (κ2) is 6.30. The van der Waals surface area contributed by atoms with Crippen LogP contribution in [-0.4, -0.2) is 33.3 Å². The topological polar surface area (TPSA) is 101 Å². The predicted molar refractivity (Wildman–Crippen MR) is 82.3 cm³/mol. The Labute approximate surface area is 138 Å². The lowest BCUT2D eigenvalue weighted by Crippen LogP contribution is -2.25. The molecule has 0 saturated heterocycles. The summed E-state index contributed by atoms with van der Waals surface area (Å²) in [6.07, 6.45) is 2.26. The van der Waals surface area contributed by atoms with Crippen LogP contribution in [0.2, 0.25) is 5.02 Å². The van der Waals surface area contributed by atoms with Crippen molar-refractivity contribution in [3.8, 4) is 11.8 Å². The number of hydrogen-bond donors (Lipinski definition) is 0. The van der Waals surface area contributed by atoms with Crippen molar-refractivity contribution < 1.29 is 22.7 Å². The number of benzene rings is 1. The normalized spacial score (nSPS) is 15.6. The molecule has 2 rings (SSSR count). The summed E-state index contributed by atoms with van der Waals surface area (Å²) in [6, 6.07) is 4.21. The van der Waals surface area contributed by atoms with Crippen LogP contribution in [0.4, 0.5) is 0 Å². The minimum absolute atomic E-state index is 0.0945. The van der Waals surface area contributed by atoms with E-state index in [-0.39, 0.29) is 27.1 Å². The summed E-state index contributed by atoms with van der Waals surface area (Å²) in [6.45, 7) is 0. The van der Waals surface area contributed by atoms with Gasteiger partial charge in [0.25, 0.3) is 0 Å². The zero-order chi connectivity index (χ0) is 17.4. The van der Waals surface area contributed by atoms with Gasteiger partial charge in [0.2, 0.25) is 0 Å². The minimum atomic E-state index is -3.77. The summed E-state index contributed by atoms with van der Waals surface area (Å²) in [5, 5.41) is 9.08. The number of rotatable bonds is 6. The van der Waals surface area contributed by atoms with E-state index in [9.17, 15) is 23.3 Å². The molecule has 1 aliphatic rings. The Bertz CT molecular complexity index is 821. The van der Waals surface area contributed by atoms with Crippen molar-refractivity contribution in [3.63, 3.8) is 0 Å². The summed E-state index contributed by atoms with van der Waals surface area (Å²) in [7, 11) is -2.57. The van der Waals surface area contributed by atoms with E-state index in [1.807, 2.05) is 0 Å². The molecule has 0 bridgehead atoms. The molecule has 1 fully saturated rings. The van der Waals surface area contributed by atoms with Crippen molar-refractivity contribution in [2.24, 2.45) is 11.8 Å². The molecule has 1 aliphatic carbocycles. The van der Waals surface area contributed by atoms with Crippen LogP contribution in [0.5, 0.6) is 5.75 Å². The van der Waals surface area contributed by atoms with Gasteiger partial charge in [0.1, 0.15) is 10.6 Å². The first kappa shape index (κ1) is 17.4. The van der Waals surface area contributed by atoms with Gasteiger partial charge in [-0.3, -0.25) is 9.59 Å². The van der Waals surface area contributed by atoms with Gasteiger partial charge in [0, 0.05) is 12.2 Å². The summed E-state index contributed by atoms with van der Waals surface area (Å²) >= 11 is 5.90. The van der Waals surface area contributed by atoms with Crippen LogP contribution in [-0.2, 0) is 14.6 Å². The molecule has 6 nitrogen and oxygen atoms in total. The molecule has 1 atom stereocenters. The largest absolute Gasteiger partial charge is 0.495 e. The highest BCUT2D eigenvalue weighted by molar-refractivity contribution is 7.91. The first-order chi connectivity index (χ1) is 10.7. The second-order valence-corrected chi connectivity index (χ2v) is 7.69. The molecule has 1 saturated carbocycles. The summed E-state index contributed by atoms with van der Waals surface area (Å²) in [5.41, 5.74) is -0.141. The molecule has 0 aliphatic heterocycles. The molecule has 1 aromatic carbocycles. The molecule has 0 radical (unpaired) electrons. The van der Waals surface area contributed by atoms with Crippen molar-refractivity contribution in [1.29, 1.82) is 5.26 Å². The second-order valence-electron chi connectivity index (χ2n) is 5.33. The first-order valence-electron chi connectivity index (χ1n) is 6.76. The molecule has 0 aromatic heterocycles. The van der Waals surface area contributed by atoms with E-state index in [2.05, 4.69) is 0 Å². The van der Waals surface area contributed by atoms with Crippen LogP contribution in [0, 0.1) is 23.2 Å². The Kier molecular flexibility index (Phi) is 4.78. The number of hydrogen-bond acceptors (Lipinski definition) is 6. The molecule has 0 amide bonds. The maximum Gasteiger partial charge on any atom is 0.191 e. The van der Waals surface area contributed by atoms with Gasteiger partial charge in [-0.1, -0.05) is 11.6 Å². The minimum Gasteiger partial charge on any atom is -0.495 e. The maximum atomic E-state index is 12.6.